The fraction of sp³-hybridized carbons (Fsp3) is 0.625. The Morgan fingerprint density at radius 3 is 2.78 bits per heavy atom. The third-order valence-electron chi connectivity index (χ3n) is 5.34. The monoisotopic (exact) mass is 336 g/mol. The van der Waals surface area contributed by atoms with Crippen molar-refractivity contribution in [2.24, 2.45) is 5.41 Å². The van der Waals surface area contributed by atoms with E-state index >= 15 is 0 Å². The molecule has 2 amide bonds. The van der Waals surface area contributed by atoms with Gasteiger partial charge in [0, 0.05) is 23.1 Å². The smallest absolute Gasteiger partial charge is 0.315 e. The molecule has 2 bridgehead atoms. The average molecular weight is 336 g/mol. The van der Waals surface area contributed by atoms with E-state index in [0.717, 1.165) is 12.8 Å². The molecule has 4 fully saturated rings. The normalized spacial score (nSPS) is 38.1. The van der Waals surface area contributed by atoms with Gasteiger partial charge in [-0.2, -0.15) is 0 Å². The molecule has 3 N–H and O–H groups in total. The Hall–Kier alpha value is -1.60. The van der Waals surface area contributed by atoms with Crippen molar-refractivity contribution in [3.63, 3.8) is 0 Å². The van der Waals surface area contributed by atoms with Crippen LogP contribution >= 0.6 is 11.3 Å². The van der Waals surface area contributed by atoms with Gasteiger partial charge < -0.3 is 20.5 Å². The van der Waals surface area contributed by atoms with Crippen LogP contribution in [0.3, 0.4) is 0 Å². The van der Waals surface area contributed by atoms with E-state index in [0.29, 0.717) is 25.9 Å². The van der Waals surface area contributed by atoms with Crippen molar-refractivity contribution in [1.29, 1.82) is 0 Å². The molecule has 6 nitrogen and oxygen atoms in total. The summed E-state index contributed by atoms with van der Waals surface area (Å²) >= 11 is 1.67. The van der Waals surface area contributed by atoms with Gasteiger partial charge in [-0.1, -0.05) is 6.07 Å². The lowest BCUT2D eigenvalue weighted by Crippen LogP contribution is -2.77. The van der Waals surface area contributed by atoms with Crippen LogP contribution in [0, 0.1) is 5.41 Å². The van der Waals surface area contributed by atoms with Gasteiger partial charge in [0.1, 0.15) is 0 Å². The number of urea groups is 1. The SMILES string of the molecule is O=C(NC1CCOC(c2cccs2)C1)NC12CC(C(=O)O)(C1)C2. The van der Waals surface area contributed by atoms with Crippen LogP contribution in [0.1, 0.15) is 43.1 Å². The summed E-state index contributed by atoms with van der Waals surface area (Å²) in [5.74, 6) is -0.732. The molecular weight excluding hydrogens is 316 g/mol. The van der Waals surface area contributed by atoms with E-state index in [1.165, 1.54) is 4.88 Å². The molecule has 2 atom stereocenters. The van der Waals surface area contributed by atoms with Crippen molar-refractivity contribution >= 4 is 23.3 Å². The van der Waals surface area contributed by atoms with Crippen LogP contribution < -0.4 is 10.6 Å². The third kappa shape index (κ3) is 2.52. The van der Waals surface area contributed by atoms with Gasteiger partial charge in [-0.25, -0.2) is 4.79 Å². The number of nitrogens with one attached hydrogen (secondary N) is 2. The number of carbonyl (C=O) groups is 2. The number of ether oxygens (including phenoxy) is 1. The summed E-state index contributed by atoms with van der Waals surface area (Å²) in [6, 6.07) is 3.98. The number of rotatable bonds is 4. The number of carboxylic acids is 1. The molecule has 1 aromatic rings. The van der Waals surface area contributed by atoms with Gasteiger partial charge in [-0.05, 0) is 43.6 Å². The lowest BCUT2D eigenvalue weighted by molar-refractivity contribution is -0.196. The summed E-state index contributed by atoms with van der Waals surface area (Å²) in [6.45, 7) is 0.640. The van der Waals surface area contributed by atoms with Crippen LogP contribution in [0.5, 0.6) is 0 Å². The molecule has 3 saturated carbocycles. The topological polar surface area (TPSA) is 87.7 Å². The molecule has 5 rings (SSSR count). The van der Waals surface area contributed by atoms with Crippen molar-refractivity contribution in [3.05, 3.63) is 22.4 Å². The first-order valence-corrected chi connectivity index (χ1v) is 8.85. The number of carboxylic acid groups (broad SMARTS) is 1. The van der Waals surface area contributed by atoms with E-state index in [2.05, 4.69) is 16.7 Å². The van der Waals surface area contributed by atoms with Crippen molar-refractivity contribution < 1.29 is 19.4 Å². The van der Waals surface area contributed by atoms with Gasteiger partial charge >= 0.3 is 12.0 Å². The summed E-state index contributed by atoms with van der Waals surface area (Å²) < 4.78 is 5.79. The molecule has 124 valence electrons. The molecule has 0 spiro atoms. The Balaban J connectivity index is 1.28. The van der Waals surface area contributed by atoms with Crippen LogP contribution in [0.25, 0.3) is 0 Å². The molecule has 7 heteroatoms. The Bertz CT molecular complexity index is 610. The Labute approximate surface area is 138 Å². The summed E-state index contributed by atoms with van der Waals surface area (Å²) in [7, 11) is 0. The fourth-order valence-corrected chi connectivity index (χ4v) is 5.00. The maximum atomic E-state index is 12.2. The summed E-state index contributed by atoms with van der Waals surface area (Å²) in [5.41, 5.74) is -0.836. The molecule has 4 aliphatic rings. The predicted octanol–water partition coefficient (Wildman–Crippen LogP) is 2.27. The van der Waals surface area contributed by atoms with Crippen molar-refractivity contribution in [1.82, 2.24) is 10.6 Å². The minimum Gasteiger partial charge on any atom is -0.481 e. The number of hydrogen-bond acceptors (Lipinski definition) is 4. The molecule has 1 aliphatic heterocycles. The van der Waals surface area contributed by atoms with E-state index in [4.69, 9.17) is 9.84 Å². The maximum Gasteiger partial charge on any atom is 0.315 e. The van der Waals surface area contributed by atoms with Crippen LogP contribution in [0.4, 0.5) is 4.79 Å². The zero-order valence-electron chi connectivity index (χ0n) is 12.7. The number of aliphatic carboxylic acids is 1. The highest BCUT2D eigenvalue weighted by molar-refractivity contribution is 7.10. The first-order chi connectivity index (χ1) is 11.0. The third-order valence-corrected chi connectivity index (χ3v) is 6.31. The van der Waals surface area contributed by atoms with Gasteiger partial charge in [0.05, 0.1) is 11.5 Å². The second kappa shape index (κ2) is 5.21. The highest BCUT2D eigenvalue weighted by Gasteiger charge is 2.72. The molecule has 3 aliphatic carbocycles. The molecular formula is C16H20N2O4S. The van der Waals surface area contributed by atoms with E-state index in [-0.39, 0.29) is 23.7 Å². The van der Waals surface area contributed by atoms with Gasteiger partial charge in [-0.3, -0.25) is 4.79 Å². The minimum atomic E-state index is -0.732. The van der Waals surface area contributed by atoms with Crippen LogP contribution in [0.15, 0.2) is 17.5 Å². The van der Waals surface area contributed by atoms with Crippen molar-refractivity contribution in [2.45, 2.75) is 49.8 Å². The highest BCUT2D eigenvalue weighted by Crippen LogP contribution is 2.67. The molecule has 23 heavy (non-hydrogen) atoms. The number of thiophene rings is 1. The van der Waals surface area contributed by atoms with E-state index in [1.807, 2.05) is 11.4 Å². The zero-order valence-corrected chi connectivity index (χ0v) is 13.5. The number of carbonyl (C=O) groups excluding carboxylic acids is 1. The second-order valence-corrected chi connectivity index (χ2v) is 8.07. The Kier molecular flexibility index (Phi) is 3.39. The molecule has 1 saturated heterocycles. The predicted molar refractivity (Wildman–Crippen MR) is 84.4 cm³/mol. The second-order valence-electron chi connectivity index (χ2n) is 7.09. The van der Waals surface area contributed by atoms with Crippen LogP contribution in [0.2, 0.25) is 0 Å². The van der Waals surface area contributed by atoms with Crippen LogP contribution in [-0.2, 0) is 9.53 Å². The molecule has 0 aromatic carbocycles. The Morgan fingerprint density at radius 1 is 1.35 bits per heavy atom. The quantitative estimate of drug-likeness (QED) is 0.787. The van der Waals surface area contributed by atoms with Crippen molar-refractivity contribution in [3.8, 4) is 0 Å². The summed E-state index contributed by atoms with van der Waals surface area (Å²) in [4.78, 5) is 24.5. The van der Waals surface area contributed by atoms with Gasteiger partial charge in [-0.15, -0.1) is 11.3 Å². The standard InChI is InChI=1S/C16H20N2O4S/c19-13(20)15-7-16(8-15,9-15)18-14(21)17-10-3-4-22-11(6-10)12-2-1-5-23-12/h1-2,5,10-11H,3-4,6-9H2,(H,19,20)(H2,17,18,21). The average Bonchev–Trinajstić information content (AvgIpc) is 2.95. The van der Waals surface area contributed by atoms with E-state index in [9.17, 15) is 9.59 Å². The molecule has 2 heterocycles. The van der Waals surface area contributed by atoms with Gasteiger partial charge in [0.15, 0.2) is 0 Å². The Morgan fingerprint density at radius 2 is 2.13 bits per heavy atom. The molecule has 1 aromatic heterocycles. The summed E-state index contributed by atoms with van der Waals surface area (Å²) in [5, 5.41) is 17.2. The zero-order chi connectivity index (χ0) is 16.1. The molecule has 2 unspecified atom stereocenters. The lowest BCUT2D eigenvalue weighted by atomic mass is 9.39. The first kappa shape index (κ1) is 15.0. The van der Waals surface area contributed by atoms with Crippen molar-refractivity contribution in [2.75, 3.05) is 6.61 Å². The fourth-order valence-electron chi connectivity index (χ4n) is 4.21. The number of hydrogen-bond donors (Lipinski definition) is 3. The van der Waals surface area contributed by atoms with Gasteiger partial charge in [0.2, 0.25) is 0 Å². The minimum absolute atomic E-state index is 0.0549. The first-order valence-electron chi connectivity index (χ1n) is 7.97. The largest absolute Gasteiger partial charge is 0.481 e. The van der Waals surface area contributed by atoms with Gasteiger partial charge in [0.25, 0.3) is 0 Å². The van der Waals surface area contributed by atoms with E-state index < -0.39 is 11.4 Å². The highest BCUT2D eigenvalue weighted by atomic mass is 32.1. The lowest BCUT2D eigenvalue weighted by Gasteiger charge is -2.67. The maximum absolute atomic E-state index is 12.2. The molecule has 0 radical (unpaired) electrons. The van der Waals surface area contributed by atoms with E-state index in [1.54, 1.807) is 11.3 Å². The number of amides is 2. The summed E-state index contributed by atoms with van der Waals surface area (Å²) in [6.07, 6.45) is 3.33. The van der Waals surface area contributed by atoms with Crippen LogP contribution in [-0.4, -0.2) is 35.3 Å².